The average molecular weight is 351 g/mol. The maximum atomic E-state index is 13.2. The molecule has 0 atom stereocenters. The molecule has 2 aromatic carbocycles. The fourth-order valence-corrected chi connectivity index (χ4v) is 4.22. The Hall–Kier alpha value is -2.26. The van der Waals surface area contributed by atoms with Gasteiger partial charge in [0.15, 0.2) is 6.20 Å². The molecule has 25 heavy (non-hydrogen) atoms. The lowest BCUT2D eigenvalue weighted by Crippen LogP contribution is -2.44. The van der Waals surface area contributed by atoms with Gasteiger partial charge in [0.25, 0.3) is 0 Å². The minimum atomic E-state index is -1.33. The molecule has 0 unspecified atom stereocenters. The van der Waals surface area contributed by atoms with E-state index >= 15 is 0 Å². The highest BCUT2D eigenvalue weighted by atomic mass is 28.3. The van der Waals surface area contributed by atoms with Gasteiger partial charge in [-0.15, -0.1) is 0 Å². The second-order valence-electron chi connectivity index (χ2n) is 7.70. The summed E-state index contributed by atoms with van der Waals surface area (Å²) < 4.78 is 15.4. The molecule has 0 radical (unpaired) electrons. The van der Waals surface area contributed by atoms with Gasteiger partial charge < -0.3 is 0 Å². The molecule has 1 heterocycles. The monoisotopic (exact) mass is 350 g/mol. The lowest BCUT2D eigenvalue weighted by Gasteiger charge is -2.15. The van der Waals surface area contributed by atoms with Crippen molar-refractivity contribution in [2.75, 3.05) is 0 Å². The van der Waals surface area contributed by atoms with Crippen molar-refractivity contribution in [1.29, 1.82) is 0 Å². The molecule has 3 heteroatoms. The molecule has 0 aliphatic heterocycles. The third-order valence-corrected chi connectivity index (χ3v) is 6.72. The van der Waals surface area contributed by atoms with E-state index in [1.807, 2.05) is 12.1 Å². The summed E-state index contributed by atoms with van der Waals surface area (Å²) in [5, 5.41) is 1.45. The highest BCUT2D eigenvalue weighted by molar-refractivity contribution is 6.88. The molecule has 0 spiro atoms. The van der Waals surface area contributed by atoms with Gasteiger partial charge in [-0.05, 0) is 41.8 Å². The van der Waals surface area contributed by atoms with E-state index in [0.717, 1.165) is 11.1 Å². The van der Waals surface area contributed by atoms with Crippen molar-refractivity contribution in [2.45, 2.75) is 26.6 Å². The van der Waals surface area contributed by atoms with Crippen LogP contribution in [0.2, 0.25) is 19.6 Å². The summed E-state index contributed by atoms with van der Waals surface area (Å²) in [6.45, 7) is 9.23. The minimum Gasteiger partial charge on any atom is -0.207 e. The largest absolute Gasteiger partial charge is 0.212 e. The van der Waals surface area contributed by atoms with Gasteiger partial charge in [-0.3, -0.25) is 0 Å². The summed E-state index contributed by atoms with van der Waals surface area (Å²) in [6.07, 6.45) is 2.27. The summed E-state index contributed by atoms with van der Waals surface area (Å²) >= 11 is 0. The first-order chi connectivity index (χ1) is 11.8. The van der Waals surface area contributed by atoms with Crippen LogP contribution in [0.3, 0.4) is 0 Å². The lowest BCUT2D eigenvalue weighted by atomic mass is 9.97. The van der Waals surface area contributed by atoms with Gasteiger partial charge in [0.05, 0.1) is 8.07 Å². The molecule has 1 aromatic heterocycles. The predicted molar refractivity (Wildman–Crippen MR) is 106 cm³/mol. The van der Waals surface area contributed by atoms with E-state index < -0.39 is 8.07 Å². The molecule has 0 bridgehead atoms. The van der Waals surface area contributed by atoms with Crippen LogP contribution < -0.4 is 9.75 Å². The van der Waals surface area contributed by atoms with Crippen molar-refractivity contribution in [1.82, 2.24) is 0 Å². The summed E-state index contributed by atoms with van der Waals surface area (Å²) in [6, 6.07) is 17.6. The standard InChI is InChI=1S/C22H25FNSi/c1-16-6-7-18(17-8-10-19(23)11-9-17)14-21(16)22-13-12-20(15-24(22)2)25(3,4)5/h6-15H,1-5H3/q+1. The molecule has 0 aliphatic rings. The summed E-state index contributed by atoms with van der Waals surface area (Å²) in [7, 11) is 0.787. The van der Waals surface area contributed by atoms with Crippen molar-refractivity contribution >= 4 is 13.3 Å². The van der Waals surface area contributed by atoms with Crippen LogP contribution in [0.4, 0.5) is 4.39 Å². The van der Waals surface area contributed by atoms with Gasteiger partial charge in [-0.25, -0.2) is 8.96 Å². The molecular weight excluding hydrogens is 325 g/mol. The molecule has 0 saturated carbocycles. The van der Waals surface area contributed by atoms with Gasteiger partial charge >= 0.3 is 0 Å². The van der Waals surface area contributed by atoms with Crippen molar-refractivity contribution < 1.29 is 8.96 Å². The fraction of sp³-hybridized carbons (Fsp3) is 0.227. The minimum absolute atomic E-state index is 0.204. The number of halogens is 1. The molecule has 128 valence electrons. The Morgan fingerprint density at radius 1 is 0.840 bits per heavy atom. The highest BCUT2D eigenvalue weighted by Crippen LogP contribution is 2.27. The number of hydrogen-bond acceptors (Lipinski definition) is 0. The Balaban J connectivity index is 2.08. The van der Waals surface area contributed by atoms with Gasteiger partial charge in [0.2, 0.25) is 5.69 Å². The number of aromatic nitrogens is 1. The Labute approximate surface area is 150 Å². The molecule has 0 amide bonds. The normalized spacial score (nSPS) is 11.6. The van der Waals surface area contributed by atoms with Gasteiger partial charge in [0.1, 0.15) is 12.9 Å². The van der Waals surface area contributed by atoms with Crippen LogP contribution in [-0.4, -0.2) is 8.07 Å². The Kier molecular flexibility index (Phi) is 4.61. The molecular formula is C22H25FNSi+. The van der Waals surface area contributed by atoms with Crippen LogP contribution in [0.25, 0.3) is 22.4 Å². The van der Waals surface area contributed by atoms with Crippen LogP contribution in [0.1, 0.15) is 5.56 Å². The smallest absolute Gasteiger partial charge is 0.207 e. The van der Waals surface area contributed by atoms with Crippen molar-refractivity contribution in [3.63, 3.8) is 0 Å². The van der Waals surface area contributed by atoms with E-state index in [1.54, 1.807) is 0 Å². The number of aryl methyl sites for hydroxylation is 2. The molecule has 0 fully saturated rings. The van der Waals surface area contributed by atoms with E-state index in [-0.39, 0.29) is 5.82 Å². The van der Waals surface area contributed by atoms with Crippen molar-refractivity contribution in [3.8, 4) is 22.4 Å². The van der Waals surface area contributed by atoms with Crippen LogP contribution >= 0.6 is 0 Å². The summed E-state index contributed by atoms with van der Waals surface area (Å²) in [5.74, 6) is -0.204. The number of rotatable bonds is 3. The SMILES string of the molecule is Cc1ccc(-c2ccc(F)cc2)cc1-c1ccc([Si](C)(C)C)c[n+]1C. The second-order valence-corrected chi connectivity index (χ2v) is 12.8. The zero-order chi connectivity index (χ0) is 18.2. The zero-order valence-electron chi connectivity index (χ0n) is 15.6. The third-order valence-electron chi connectivity index (χ3n) is 4.69. The van der Waals surface area contributed by atoms with Crippen LogP contribution in [0.5, 0.6) is 0 Å². The summed E-state index contributed by atoms with van der Waals surface area (Å²) in [5.41, 5.74) is 5.79. The number of pyridine rings is 1. The number of benzene rings is 2. The molecule has 0 N–H and O–H groups in total. The van der Waals surface area contributed by atoms with Crippen LogP contribution in [0, 0.1) is 12.7 Å². The maximum Gasteiger partial charge on any atom is 0.212 e. The van der Waals surface area contributed by atoms with Gasteiger partial charge in [-0.1, -0.05) is 50.0 Å². The first kappa shape index (κ1) is 17.6. The molecule has 1 nitrogen and oxygen atoms in total. The lowest BCUT2D eigenvalue weighted by molar-refractivity contribution is -0.659. The quantitative estimate of drug-likeness (QED) is 0.470. The molecule has 0 saturated heterocycles. The van der Waals surface area contributed by atoms with Gasteiger partial charge in [-0.2, -0.15) is 0 Å². The summed E-state index contributed by atoms with van der Waals surface area (Å²) in [4.78, 5) is 0. The highest BCUT2D eigenvalue weighted by Gasteiger charge is 2.22. The van der Waals surface area contributed by atoms with E-state index in [9.17, 15) is 4.39 Å². The predicted octanol–water partition coefficient (Wildman–Crippen LogP) is 4.84. The maximum absolute atomic E-state index is 13.2. The van der Waals surface area contributed by atoms with Crippen molar-refractivity contribution in [3.05, 3.63) is 72.2 Å². The van der Waals surface area contributed by atoms with E-state index in [0.29, 0.717) is 0 Å². The van der Waals surface area contributed by atoms with Crippen molar-refractivity contribution in [2.24, 2.45) is 7.05 Å². The first-order valence-electron chi connectivity index (χ1n) is 8.63. The van der Waals surface area contributed by atoms with E-state index in [1.165, 1.54) is 34.1 Å². The van der Waals surface area contributed by atoms with Gasteiger partial charge in [0, 0.05) is 16.8 Å². The fourth-order valence-electron chi connectivity index (χ4n) is 3.05. The third kappa shape index (κ3) is 3.72. The first-order valence-corrected chi connectivity index (χ1v) is 12.1. The Morgan fingerprint density at radius 2 is 1.48 bits per heavy atom. The average Bonchev–Trinajstić information content (AvgIpc) is 2.55. The molecule has 3 aromatic rings. The van der Waals surface area contributed by atoms with E-state index in [4.69, 9.17) is 0 Å². The van der Waals surface area contributed by atoms with Crippen LogP contribution in [-0.2, 0) is 7.05 Å². The van der Waals surface area contributed by atoms with E-state index in [2.05, 4.69) is 74.7 Å². The number of nitrogens with zero attached hydrogens (tertiary/aromatic N) is 1. The Bertz CT molecular complexity index is 908. The number of hydrogen-bond donors (Lipinski definition) is 0. The Morgan fingerprint density at radius 3 is 2.08 bits per heavy atom. The molecule has 3 rings (SSSR count). The zero-order valence-corrected chi connectivity index (χ0v) is 16.6. The second kappa shape index (κ2) is 6.56. The van der Waals surface area contributed by atoms with Crippen LogP contribution in [0.15, 0.2) is 60.8 Å². The topological polar surface area (TPSA) is 3.88 Å². The molecule has 0 aliphatic carbocycles.